The molecule has 0 amide bonds. The van der Waals surface area contributed by atoms with Crippen LogP contribution >= 0.6 is 11.8 Å². The van der Waals surface area contributed by atoms with Crippen LogP contribution < -0.4 is 10.5 Å². The van der Waals surface area contributed by atoms with Crippen LogP contribution in [0, 0.1) is 13.8 Å². The van der Waals surface area contributed by atoms with Crippen LogP contribution in [-0.2, 0) is 10.0 Å². The van der Waals surface area contributed by atoms with Crippen molar-refractivity contribution in [3.8, 4) is 0 Å². The molecule has 1 aromatic rings. The van der Waals surface area contributed by atoms with Gasteiger partial charge in [-0.15, -0.1) is 0 Å². The van der Waals surface area contributed by atoms with Gasteiger partial charge < -0.3 is 5.73 Å². The number of nitrogen functional groups attached to an aromatic ring is 1. The molecule has 6 heteroatoms. The third-order valence-corrected chi connectivity index (χ3v) is 6.40. The fourth-order valence-corrected chi connectivity index (χ4v) is 5.33. The van der Waals surface area contributed by atoms with E-state index < -0.39 is 10.0 Å². The predicted octanol–water partition coefficient (Wildman–Crippen LogP) is 2.06. The molecule has 2 rings (SSSR count). The average Bonchev–Trinajstić information content (AvgIpc) is 2.77. The lowest BCUT2D eigenvalue weighted by Gasteiger charge is -2.15. The Morgan fingerprint density at radius 2 is 2.00 bits per heavy atom. The van der Waals surface area contributed by atoms with E-state index in [-0.39, 0.29) is 0 Å². The molecule has 4 nitrogen and oxygen atoms in total. The van der Waals surface area contributed by atoms with Crippen molar-refractivity contribution in [2.24, 2.45) is 0 Å². The standard InChI is InChI=1S/C13H20N2O2S2/c1-9-6-11(14)7-10(2)13(9)19(16,17)15-8-12-4-3-5-18-12/h6-7,12,15H,3-5,8,14H2,1-2H3. The highest BCUT2D eigenvalue weighted by molar-refractivity contribution is 8.00. The summed E-state index contributed by atoms with van der Waals surface area (Å²) in [5.41, 5.74) is 7.72. The van der Waals surface area contributed by atoms with Gasteiger partial charge in [0.1, 0.15) is 0 Å². The van der Waals surface area contributed by atoms with E-state index in [4.69, 9.17) is 5.73 Å². The summed E-state index contributed by atoms with van der Waals surface area (Å²) in [5, 5.41) is 0.407. The summed E-state index contributed by atoms with van der Waals surface area (Å²) in [7, 11) is -3.44. The minimum Gasteiger partial charge on any atom is -0.399 e. The monoisotopic (exact) mass is 300 g/mol. The van der Waals surface area contributed by atoms with Crippen LogP contribution in [0.15, 0.2) is 17.0 Å². The lowest BCUT2D eigenvalue weighted by Crippen LogP contribution is -2.30. The molecule has 0 radical (unpaired) electrons. The number of aryl methyl sites for hydroxylation is 2. The quantitative estimate of drug-likeness (QED) is 0.835. The third kappa shape index (κ3) is 3.43. The third-order valence-electron chi connectivity index (χ3n) is 3.28. The molecule has 3 N–H and O–H groups in total. The lowest BCUT2D eigenvalue weighted by atomic mass is 10.1. The van der Waals surface area contributed by atoms with E-state index in [9.17, 15) is 8.42 Å². The zero-order valence-electron chi connectivity index (χ0n) is 11.3. The molecule has 1 unspecified atom stereocenters. The van der Waals surface area contributed by atoms with Crippen LogP contribution in [0.1, 0.15) is 24.0 Å². The topological polar surface area (TPSA) is 72.2 Å². The molecule has 1 fully saturated rings. The summed E-state index contributed by atoms with van der Waals surface area (Å²) >= 11 is 1.84. The van der Waals surface area contributed by atoms with Gasteiger partial charge >= 0.3 is 0 Å². The van der Waals surface area contributed by atoms with Crippen molar-refractivity contribution in [2.45, 2.75) is 36.8 Å². The van der Waals surface area contributed by atoms with Gasteiger partial charge in [0.2, 0.25) is 10.0 Å². The van der Waals surface area contributed by atoms with E-state index in [2.05, 4.69) is 4.72 Å². The van der Waals surface area contributed by atoms with E-state index in [0.717, 1.165) is 12.2 Å². The molecule has 0 bridgehead atoms. The van der Waals surface area contributed by atoms with E-state index in [1.165, 1.54) is 6.42 Å². The second-order valence-electron chi connectivity index (χ2n) is 4.97. The maximum Gasteiger partial charge on any atom is 0.241 e. The summed E-state index contributed by atoms with van der Waals surface area (Å²) in [6.45, 7) is 4.07. The Morgan fingerprint density at radius 3 is 2.53 bits per heavy atom. The number of nitrogens with one attached hydrogen (secondary N) is 1. The molecule has 0 saturated carbocycles. The fourth-order valence-electron chi connectivity index (χ4n) is 2.49. The van der Waals surface area contributed by atoms with Crippen molar-refractivity contribution in [3.05, 3.63) is 23.3 Å². The Hall–Kier alpha value is -0.720. The number of rotatable bonds is 4. The Morgan fingerprint density at radius 1 is 1.37 bits per heavy atom. The summed E-state index contributed by atoms with van der Waals surface area (Å²) in [6.07, 6.45) is 2.27. The first-order valence-corrected chi connectivity index (χ1v) is 8.91. The van der Waals surface area contributed by atoms with Gasteiger partial charge in [0, 0.05) is 17.5 Å². The SMILES string of the molecule is Cc1cc(N)cc(C)c1S(=O)(=O)NCC1CCCS1. The molecule has 1 heterocycles. The van der Waals surface area contributed by atoms with Crippen molar-refractivity contribution in [2.75, 3.05) is 18.0 Å². The molecule has 1 saturated heterocycles. The number of hydrogen-bond acceptors (Lipinski definition) is 4. The van der Waals surface area contributed by atoms with Gasteiger partial charge in [0.15, 0.2) is 0 Å². The Bertz CT molecular complexity index is 541. The number of sulfonamides is 1. The maximum atomic E-state index is 12.4. The van der Waals surface area contributed by atoms with Gasteiger partial charge in [-0.1, -0.05) is 0 Å². The van der Waals surface area contributed by atoms with Crippen molar-refractivity contribution in [3.63, 3.8) is 0 Å². The van der Waals surface area contributed by atoms with E-state index in [1.807, 2.05) is 11.8 Å². The molecule has 0 aromatic heterocycles. The zero-order valence-corrected chi connectivity index (χ0v) is 12.9. The maximum absolute atomic E-state index is 12.4. The van der Waals surface area contributed by atoms with Gasteiger partial charge in [-0.3, -0.25) is 0 Å². The minimum absolute atomic E-state index is 0.365. The highest BCUT2D eigenvalue weighted by Gasteiger charge is 2.23. The van der Waals surface area contributed by atoms with Crippen LogP contribution in [0.2, 0.25) is 0 Å². The van der Waals surface area contributed by atoms with Crippen LogP contribution in [0.3, 0.4) is 0 Å². The molecule has 106 valence electrons. The zero-order chi connectivity index (χ0) is 14.0. The Labute approximate surface area is 119 Å². The van der Waals surface area contributed by atoms with Crippen LogP contribution in [0.4, 0.5) is 5.69 Å². The Kier molecular flexibility index (Phi) is 4.43. The van der Waals surface area contributed by atoms with Crippen LogP contribution in [0.25, 0.3) is 0 Å². The van der Waals surface area contributed by atoms with E-state index >= 15 is 0 Å². The van der Waals surface area contributed by atoms with Crippen molar-refractivity contribution >= 4 is 27.5 Å². The molecular formula is C13H20N2O2S2. The average molecular weight is 300 g/mol. The van der Waals surface area contributed by atoms with Crippen molar-refractivity contribution in [1.29, 1.82) is 0 Å². The first-order chi connectivity index (χ1) is 8.90. The number of nitrogens with two attached hydrogens (primary N) is 1. The number of benzene rings is 1. The van der Waals surface area contributed by atoms with Crippen molar-refractivity contribution < 1.29 is 8.42 Å². The largest absolute Gasteiger partial charge is 0.399 e. The van der Waals surface area contributed by atoms with Crippen LogP contribution in [0.5, 0.6) is 0 Å². The van der Waals surface area contributed by atoms with Gasteiger partial charge in [-0.2, -0.15) is 11.8 Å². The van der Waals surface area contributed by atoms with Gasteiger partial charge in [-0.25, -0.2) is 13.1 Å². The highest BCUT2D eigenvalue weighted by Crippen LogP contribution is 2.27. The van der Waals surface area contributed by atoms with Crippen molar-refractivity contribution in [1.82, 2.24) is 4.72 Å². The number of thioether (sulfide) groups is 1. The van der Waals surface area contributed by atoms with Crippen LogP contribution in [-0.4, -0.2) is 26.0 Å². The summed E-state index contributed by atoms with van der Waals surface area (Å²) in [5.74, 6) is 1.13. The molecule has 1 atom stereocenters. The molecule has 1 aliphatic heterocycles. The smallest absolute Gasteiger partial charge is 0.241 e. The van der Waals surface area contributed by atoms with Gasteiger partial charge in [-0.05, 0) is 55.7 Å². The van der Waals surface area contributed by atoms with E-state index in [0.29, 0.717) is 33.5 Å². The molecule has 0 spiro atoms. The number of anilines is 1. The summed E-state index contributed by atoms with van der Waals surface area (Å²) in [6, 6.07) is 3.40. The normalized spacial score (nSPS) is 19.8. The second kappa shape index (κ2) is 5.73. The lowest BCUT2D eigenvalue weighted by molar-refractivity contribution is 0.578. The predicted molar refractivity (Wildman–Crippen MR) is 81.0 cm³/mol. The van der Waals surface area contributed by atoms with Gasteiger partial charge in [0.05, 0.1) is 4.90 Å². The Balaban J connectivity index is 2.19. The first kappa shape index (κ1) is 14.7. The molecular weight excluding hydrogens is 280 g/mol. The van der Waals surface area contributed by atoms with Gasteiger partial charge in [0.25, 0.3) is 0 Å². The molecule has 19 heavy (non-hydrogen) atoms. The van der Waals surface area contributed by atoms with E-state index in [1.54, 1.807) is 26.0 Å². The molecule has 1 aliphatic rings. The second-order valence-corrected chi connectivity index (χ2v) is 8.08. The minimum atomic E-state index is -3.44. The number of hydrogen-bond donors (Lipinski definition) is 2. The summed E-state index contributed by atoms with van der Waals surface area (Å²) < 4.78 is 27.5. The highest BCUT2D eigenvalue weighted by atomic mass is 32.2. The summed E-state index contributed by atoms with van der Waals surface area (Å²) in [4.78, 5) is 0.365. The fraction of sp³-hybridized carbons (Fsp3) is 0.538. The first-order valence-electron chi connectivity index (χ1n) is 6.38. The molecule has 1 aromatic carbocycles. The molecule has 0 aliphatic carbocycles.